The number of amides is 3. The van der Waals surface area contributed by atoms with Crippen LogP contribution in [0.25, 0.3) is 0 Å². The summed E-state index contributed by atoms with van der Waals surface area (Å²) in [7, 11) is 3.77. The van der Waals surface area contributed by atoms with Gasteiger partial charge < -0.3 is 10.2 Å². The van der Waals surface area contributed by atoms with Gasteiger partial charge in [-0.1, -0.05) is 17.7 Å². The Labute approximate surface area is 127 Å². The molecule has 1 aromatic carbocycles. The number of halogens is 1. The van der Waals surface area contributed by atoms with E-state index in [9.17, 15) is 14.4 Å². The summed E-state index contributed by atoms with van der Waals surface area (Å²) in [5, 5.41) is 2.89. The highest BCUT2D eigenvalue weighted by molar-refractivity contribution is 6.37. The van der Waals surface area contributed by atoms with E-state index in [1.807, 2.05) is 19.0 Å². The van der Waals surface area contributed by atoms with E-state index >= 15 is 0 Å². The molecule has 1 aromatic rings. The number of hydrogen-bond acceptors (Lipinski definition) is 4. The van der Waals surface area contributed by atoms with Gasteiger partial charge in [0.2, 0.25) is 5.91 Å². The number of hydrogen-bond donors (Lipinski definition) is 1. The molecule has 0 bridgehead atoms. The first-order valence-corrected chi connectivity index (χ1v) is 6.85. The summed E-state index contributed by atoms with van der Waals surface area (Å²) in [6.07, 6.45) is 0. The van der Waals surface area contributed by atoms with Crippen LogP contribution in [0.5, 0.6) is 0 Å². The third-order valence-electron chi connectivity index (χ3n) is 3.13. The molecule has 1 N–H and O–H groups in total. The van der Waals surface area contributed by atoms with Gasteiger partial charge in [-0.2, -0.15) is 0 Å². The van der Waals surface area contributed by atoms with Crippen molar-refractivity contribution in [2.75, 3.05) is 33.7 Å². The molecule has 1 aliphatic heterocycles. The summed E-state index contributed by atoms with van der Waals surface area (Å²) in [4.78, 5) is 38.9. The third kappa shape index (κ3) is 3.22. The van der Waals surface area contributed by atoms with Crippen molar-refractivity contribution in [2.24, 2.45) is 0 Å². The highest BCUT2D eigenvalue weighted by Gasteiger charge is 2.37. The second-order valence-electron chi connectivity index (χ2n) is 5.01. The Hall–Kier alpha value is -1.92. The number of benzene rings is 1. The zero-order valence-corrected chi connectivity index (χ0v) is 12.6. The highest BCUT2D eigenvalue weighted by atomic mass is 35.5. The monoisotopic (exact) mass is 309 g/mol. The average molecular weight is 310 g/mol. The molecule has 1 heterocycles. The fraction of sp³-hybridized carbons (Fsp3) is 0.357. The second-order valence-corrected chi connectivity index (χ2v) is 5.42. The van der Waals surface area contributed by atoms with E-state index in [0.717, 1.165) is 4.90 Å². The first kappa shape index (κ1) is 15.5. The predicted octanol–water partition coefficient (Wildman–Crippen LogP) is 0.614. The molecule has 7 heteroatoms. The molecule has 112 valence electrons. The van der Waals surface area contributed by atoms with Gasteiger partial charge in [0, 0.05) is 13.1 Å². The van der Waals surface area contributed by atoms with Crippen LogP contribution >= 0.6 is 11.6 Å². The van der Waals surface area contributed by atoms with Crippen molar-refractivity contribution < 1.29 is 14.4 Å². The molecule has 0 aliphatic carbocycles. The molecule has 6 nitrogen and oxygen atoms in total. The summed E-state index contributed by atoms with van der Waals surface area (Å²) in [5.41, 5.74) is 0.416. The molecule has 21 heavy (non-hydrogen) atoms. The Morgan fingerprint density at radius 3 is 2.62 bits per heavy atom. The summed E-state index contributed by atoms with van der Waals surface area (Å²) < 4.78 is 0. The lowest BCUT2D eigenvalue weighted by Gasteiger charge is -2.15. The van der Waals surface area contributed by atoms with Crippen LogP contribution in [0.1, 0.15) is 20.7 Å². The molecule has 1 aliphatic rings. The fourth-order valence-corrected chi connectivity index (χ4v) is 2.31. The topological polar surface area (TPSA) is 69.7 Å². The molecular formula is C14H16ClN3O3. The van der Waals surface area contributed by atoms with Gasteiger partial charge in [-0.3, -0.25) is 19.3 Å². The second kappa shape index (κ2) is 6.24. The van der Waals surface area contributed by atoms with E-state index in [-0.39, 0.29) is 28.6 Å². The van der Waals surface area contributed by atoms with E-state index in [2.05, 4.69) is 5.32 Å². The quantitative estimate of drug-likeness (QED) is 0.809. The van der Waals surface area contributed by atoms with Crippen LogP contribution in [0.2, 0.25) is 5.02 Å². The number of imide groups is 1. The van der Waals surface area contributed by atoms with Crippen LogP contribution in [-0.4, -0.2) is 61.3 Å². The molecule has 0 fully saturated rings. The van der Waals surface area contributed by atoms with Crippen molar-refractivity contribution in [3.05, 3.63) is 34.3 Å². The minimum atomic E-state index is -0.525. The van der Waals surface area contributed by atoms with Crippen molar-refractivity contribution in [3.63, 3.8) is 0 Å². The minimum absolute atomic E-state index is 0.172. The average Bonchev–Trinajstić information content (AvgIpc) is 2.65. The van der Waals surface area contributed by atoms with Gasteiger partial charge in [0.1, 0.15) is 6.54 Å². The molecule has 0 saturated heterocycles. The number of carbonyl (C=O) groups is 3. The Balaban J connectivity index is 2.03. The van der Waals surface area contributed by atoms with E-state index in [1.165, 1.54) is 6.07 Å². The molecule has 0 spiro atoms. The number of nitrogens with zero attached hydrogens (tertiary/aromatic N) is 2. The SMILES string of the molecule is CN(C)CCNC(=O)CN1C(=O)c2cccc(Cl)c2C1=O. The van der Waals surface area contributed by atoms with Crippen molar-refractivity contribution in [1.82, 2.24) is 15.1 Å². The maximum absolute atomic E-state index is 12.2. The van der Waals surface area contributed by atoms with Crippen molar-refractivity contribution in [3.8, 4) is 0 Å². The van der Waals surface area contributed by atoms with E-state index in [0.29, 0.717) is 13.1 Å². The van der Waals surface area contributed by atoms with Crippen LogP contribution in [0, 0.1) is 0 Å². The lowest BCUT2D eigenvalue weighted by Crippen LogP contribution is -2.42. The molecule has 0 aromatic heterocycles. The zero-order chi connectivity index (χ0) is 15.6. The fourth-order valence-electron chi connectivity index (χ4n) is 2.05. The number of likely N-dealkylation sites (N-methyl/N-ethyl adjacent to an activating group) is 1. The van der Waals surface area contributed by atoms with Gasteiger partial charge >= 0.3 is 0 Å². The molecule has 0 saturated carbocycles. The van der Waals surface area contributed by atoms with Crippen molar-refractivity contribution in [1.29, 1.82) is 0 Å². The predicted molar refractivity (Wildman–Crippen MR) is 78.4 cm³/mol. The first-order chi connectivity index (χ1) is 9.91. The van der Waals surface area contributed by atoms with Crippen LogP contribution in [0.3, 0.4) is 0 Å². The maximum Gasteiger partial charge on any atom is 0.263 e. The van der Waals surface area contributed by atoms with Gasteiger partial charge in [0.15, 0.2) is 0 Å². The maximum atomic E-state index is 12.2. The van der Waals surface area contributed by atoms with E-state index < -0.39 is 11.8 Å². The summed E-state index contributed by atoms with van der Waals surface area (Å²) >= 11 is 5.94. The number of fused-ring (bicyclic) bond motifs is 1. The van der Waals surface area contributed by atoms with Crippen LogP contribution in [0.15, 0.2) is 18.2 Å². The zero-order valence-electron chi connectivity index (χ0n) is 11.9. The van der Waals surface area contributed by atoms with Gasteiger partial charge in [-0.05, 0) is 26.2 Å². The lowest BCUT2D eigenvalue weighted by atomic mass is 10.1. The molecular weight excluding hydrogens is 294 g/mol. The third-order valence-corrected chi connectivity index (χ3v) is 3.45. The summed E-state index contributed by atoms with van der Waals surface area (Å²) in [5.74, 6) is -1.38. The Morgan fingerprint density at radius 1 is 1.29 bits per heavy atom. The molecule has 0 radical (unpaired) electrons. The number of nitrogens with one attached hydrogen (secondary N) is 1. The lowest BCUT2D eigenvalue weighted by molar-refractivity contribution is -0.121. The van der Waals surface area contributed by atoms with Gasteiger partial charge in [-0.15, -0.1) is 0 Å². The Morgan fingerprint density at radius 2 is 2.00 bits per heavy atom. The van der Waals surface area contributed by atoms with Gasteiger partial charge in [0.05, 0.1) is 16.1 Å². The Bertz CT molecular complexity index is 601. The smallest absolute Gasteiger partial charge is 0.263 e. The van der Waals surface area contributed by atoms with Crippen molar-refractivity contribution >= 4 is 29.3 Å². The van der Waals surface area contributed by atoms with E-state index in [1.54, 1.807) is 12.1 Å². The van der Waals surface area contributed by atoms with Crippen LogP contribution in [-0.2, 0) is 4.79 Å². The molecule has 3 amide bonds. The first-order valence-electron chi connectivity index (χ1n) is 6.48. The summed E-state index contributed by atoms with van der Waals surface area (Å²) in [6, 6.07) is 4.69. The normalized spacial score (nSPS) is 13.8. The molecule has 2 rings (SSSR count). The Kier molecular flexibility index (Phi) is 4.59. The van der Waals surface area contributed by atoms with Crippen molar-refractivity contribution in [2.45, 2.75) is 0 Å². The molecule has 0 atom stereocenters. The summed E-state index contributed by atoms with van der Waals surface area (Å²) in [6.45, 7) is 0.839. The van der Waals surface area contributed by atoms with Gasteiger partial charge in [0.25, 0.3) is 11.8 Å². The van der Waals surface area contributed by atoms with Gasteiger partial charge in [-0.25, -0.2) is 0 Å². The standard InChI is InChI=1S/C14H16ClN3O3/c1-17(2)7-6-16-11(19)8-18-13(20)9-4-3-5-10(15)12(9)14(18)21/h3-5H,6-8H2,1-2H3,(H,16,19). The van der Waals surface area contributed by atoms with E-state index in [4.69, 9.17) is 11.6 Å². The number of carbonyl (C=O) groups excluding carboxylic acids is 3. The highest BCUT2D eigenvalue weighted by Crippen LogP contribution is 2.28. The minimum Gasteiger partial charge on any atom is -0.353 e. The van der Waals surface area contributed by atoms with Crippen LogP contribution in [0.4, 0.5) is 0 Å². The molecule has 0 unspecified atom stereocenters. The largest absolute Gasteiger partial charge is 0.353 e. The van der Waals surface area contributed by atoms with Crippen LogP contribution < -0.4 is 5.32 Å². The number of rotatable bonds is 5.